The summed E-state index contributed by atoms with van der Waals surface area (Å²) in [6.45, 7) is 2.32. The zero-order chi connectivity index (χ0) is 13.5. The molecule has 1 fully saturated rings. The van der Waals surface area contributed by atoms with E-state index in [2.05, 4.69) is 16.5 Å². The molecule has 1 heterocycles. The van der Waals surface area contributed by atoms with Gasteiger partial charge in [-0.3, -0.25) is 0 Å². The molecule has 2 aromatic rings. The number of nitrogens with zero attached hydrogens (tertiary/aromatic N) is 2. The molecule has 0 saturated heterocycles. The third kappa shape index (κ3) is 2.25. The van der Waals surface area contributed by atoms with E-state index in [0.29, 0.717) is 5.88 Å². The largest absolute Gasteiger partial charge is 0.321 e. The molecule has 0 amide bonds. The first-order valence-electron chi connectivity index (χ1n) is 6.87. The first-order chi connectivity index (χ1) is 9.14. The number of hydrogen-bond donors (Lipinski definition) is 0. The van der Waals surface area contributed by atoms with Crippen molar-refractivity contribution >= 4 is 34.2 Å². The lowest BCUT2D eigenvalue weighted by Gasteiger charge is -2.36. The average Bonchev–Trinajstić information content (AvgIpc) is 2.78. The maximum absolute atomic E-state index is 6.15. The fourth-order valence-corrected chi connectivity index (χ4v) is 3.67. The Hall–Kier alpha value is -0.730. The van der Waals surface area contributed by atoms with Gasteiger partial charge in [-0.15, -0.1) is 11.6 Å². The van der Waals surface area contributed by atoms with Crippen LogP contribution in [-0.4, -0.2) is 9.55 Å². The lowest BCUT2D eigenvalue weighted by atomic mass is 9.83. The van der Waals surface area contributed by atoms with Crippen LogP contribution >= 0.6 is 23.2 Å². The van der Waals surface area contributed by atoms with Crippen LogP contribution in [-0.2, 0) is 11.4 Å². The number of fused-ring (bicyclic) bond motifs is 1. The van der Waals surface area contributed by atoms with Crippen LogP contribution in [0.3, 0.4) is 0 Å². The molecule has 0 atom stereocenters. The molecular formula is C15H18Cl2N2. The molecular weight excluding hydrogens is 279 g/mol. The number of imidazole rings is 1. The van der Waals surface area contributed by atoms with E-state index in [1.54, 1.807) is 0 Å². The minimum atomic E-state index is 0.127. The van der Waals surface area contributed by atoms with Gasteiger partial charge in [-0.1, -0.05) is 30.9 Å². The van der Waals surface area contributed by atoms with E-state index in [4.69, 9.17) is 23.2 Å². The van der Waals surface area contributed by atoms with Gasteiger partial charge in [0.05, 0.1) is 16.9 Å². The van der Waals surface area contributed by atoms with Crippen LogP contribution in [0.25, 0.3) is 11.0 Å². The van der Waals surface area contributed by atoms with E-state index in [1.807, 2.05) is 18.2 Å². The van der Waals surface area contributed by atoms with Gasteiger partial charge in [0, 0.05) is 10.6 Å². The Bertz CT molecular complexity index is 597. The summed E-state index contributed by atoms with van der Waals surface area (Å²) < 4.78 is 2.33. The van der Waals surface area contributed by atoms with E-state index in [0.717, 1.165) is 21.9 Å². The van der Waals surface area contributed by atoms with Crippen molar-refractivity contribution in [1.29, 1.82) is 0 Å². The maximum atomic E-state index is 6.15. The molecule has 1 saturated carbocycles. The highest BCUT2D eigenvalue weighted by Gasteiger charge is 2.32. The van der Waals surface area contributed by atoms with Crippen LogP contribution in [0.5, 0.6) is 0 Å². The van der Waals surface area contributed by atoms with Crippen molar-refractivity contribution in [2.45, 2.75) is 50.4 Å². The van der Waals surface area contributed by atoms with Gasteiger partial charge >= 0.3 is 0 Å². The van der Waals surface area contributed by atoms with Crippen molar-refractivity contribution in [2.75, 3.05) is 0 Å². The minimum absolute atomic E-state index is 0.127. The van der Waals surface area contributed by atoms with E-state index in [9.17, 15) is 0 Å². The second-order valence-electron chi connectivity index (χ2n) is 5.69. The summed E-state index contributed by atoms with van der Waals surface area (Å²) >= 11 is 12.3. The van der Waals surface area contributed by atoms with Crippen LogP contribution < -0.4 is 0 Å². The molecule has 0 bridgehead atoms. The molecule has 0 radical (unpaired) electrons. The summed E-state index contributed by atoms with van der Waals surface area (Å²) in [7, 11) is 0. The monoisotopic (exact) mass is 296 g/mol. The summed E-state index contributed by atoms with van der Waals surface area (Å²) in [4.78, 5) is 4.67. The molecule has 1 aromatic carbocycles. The normalized spacial score (nSPS) is 18.9. The summed E-state index contributed by atoms with van der Waals surface area (Å²) in [5.41, 5.74) is 2.24. The first-order valence-corrected chi connectivity index (χ1v) is 7.79. The predicted molar refractivity (Wildman–Crippen MR) is 81.0 cm³/mol. The second kappa shape index (κ2) is 4.99. The standard InChI is InChI=1S/C15H18Cl2N2/c1-15(7-3-2-4-8-15)19-13-9-11(17)5-6-12(13)18-14(19)10-16/h5-6,9H,2-4,7-8,10H2,1H3. The topological polar surface area (TPSA) is 17.8 Å². The van der Waals surface area contributed by atoms with Gasteiger partial charge in [-0.2, -0.15) is 0 Å². The molecule has 0 spiro atoms. The van der Waals surface area contributed by atoms with Crippen LogP contribution in [0, 0.1) is 0 Å². The van der Waals surface area contributed by atoms with Gasteiger partial charge in [0.1, 0.15) is 5.82 Å². The van der Waals surface area contributed by atoms with Crippen LogP contribution in [0.15, 0.2) is 18.2 Å². The van der Waals surface area contributed by atoms with Gasteiger partial charge in [-0.05, 0) is 38.0 Å². The lowest BCUT2D eigenvalue weighted by Crippen LogP contribution is -2.33. The number of rotatable bonds is 2. The fraction of sp³-hybridized carbons (Fsp3) is 0.533. The molecule has 1 aliphatic rings. The zero-order valence-electron chi connectivity index (χ0n) is 11.1. The maximum Gasteiger partial charge on any atom is 0.125 e. The first kappa shape index (κ1) is 13.3. The van der Waals surface area contributed by atoms with Crippen LogP contribution in [0.1, 0.15) is 44.9 Å². The predicted octanol–water partition coefficient (Wildman–Crippen LogP) is 5.11. The number of halogens is 2. The molecule has 0 unspecified atom stereocenters. The Morgan fingerprint density at radius 3 is 2.68 bits per heavy atom. The summed E-state index contributed by atoms with van der Waals surface area (Å²) in [6, 6.07) is 5.89. The minimum Gasteiger partial charge on any atom is -0.321 e. The Labute approximate surface area is 123 Å². The summed E-state index contributed by atoms with van der Waals surface area (Å²) in [5, 5.41) is 0.759. The molecule has 1 aliphatic carbocycles. The van der Waals surface area contributed by atoms with Crippen molar-refractivity contribution in [3.63, 3.8) is 0 Å². The smallest absolute Gasteiger partial charge is 0.125 e. The van der Waals surface area contributed by atoms with Crippen molar-refractivity contribution in [2.24, 2.45) is 0 Å². The zero-order valence-corrected chi connectivity index (χ0v) is 12.6. The van der Waals surface area contributed by atoms with Crippen molar-refractivity contribution in [3.05, 3.63) is 29.0 Å². The molecule has 1 aromatic heterocycles. The molecule has 19 heavy (non-hydrogen) atoms. The van der Waals surface area contributed by atoms with Crippen LogP contribution in [0.2, 0.25) is 5.02 Å². The molecule has 0 aliphatic heterocycles. The third-order valence-corrected chi connectivity index (χ3v) is 4.75. The summed E-state index contributed by atoms with van der Waals surface area (Å²) in [6.07, 6.45) is 6.26. The van der Waals surface area contributed by atoms with E-state index >= 15 is 0 Å². The molecule has 102 valence electrons. The Balaban J connectivity index is 2.22. The Morgan fingerprint density at radius 2 is 2.00 bits per heavy atom. The fourth-order valence-electron chi connectivity index (χ4n) is 3.33. The Morgan fingerprint density at radius 1 is 1.26 bits per heavy atom. The van der Waals surface area contributed by atoms with Crippen molar-refractivity contribution < 1.29 is 0 Å². The second-order valence-corrected chi connectivity index (χ2v) is 6.39. The number of aromatic nitrogens is 2. The van der Waals surface area contributed by atoms with Gasteiger partial charge < -0.3 is 4.57 Å². The molecule has 2 nitrogen and oxygen atoms in total. The van der Waals surface area contributed by atoms with E-state index in [-0.39, 0.29) is 5.54 Å². The number of alkyl halides is 1. The molecule has 3 rings (SSSR count). The number of hydrogen-bond acceptors (Lipinski definition) is 1. The van der Waals surface area contributed by atoms with Crippen molar-refractivity contribution in [3.8, 4) is 0 Å². The molecule has 4 heteroatoms. The molecule has 0 N–H and O–H groups in total. The van der Waals surface area contributed by atoms with Crippen molar-refractivity contribution in [1.82, 2.24) is 9.55 Å². The quantitative estimate of drug-likeness (QED) is 0.704. The summed E-state index contributed by atoms with van der Waals surface area (Å²) in [5.74, 6) is 1.41. The SMILES string of the molecule is CC1(n2c(CCl)nc3ccc(Cl)cc32)CCCCC1. The highest BCUT2D eigenvalue weighted by atomic mass is 35.5. The van der Waals surface area contributed by atoms with Gasteiger partial charge in [-0.25, -0.2) is 4.98 Å². The highest BCUT2D eigenvalue weighted by molar-refractivity contribution is 6.31. The van der Waals surface area contributed by atoms with E-state index in [1.165, 1.54) is 32.1 Å². The average molecular weight is 297 g/mol. The van der Waals surface area contributed by atoms with E-state index < -0.39 is 0 Å². The van der Waals surface area contributed by atoms with Gasteiger partial charge in [0.25, 0.3) is 0 Å². The van der Waals surface area contributed by atoms with Crippen LogP contribution in [0.4, 0.5) is 0 Å². The van der Waals surface area contributed by atoms with Gasteiger partial charge in [0.15, 0.2) is 0 Å². The Kier molecular flexibility index (Phi) is 3.48. The highest BCUT2D eigenvalue weighted by Crippen LogP contribution is 2.38. The lowest BCUT2D eigenvalue weighted by molar-refractivity contribution is 0.220. The third-order valence-electron chi connectivity index (χ3n) is 4.28. The number of benzene rings is 1. The van der Waals surface area contributed by atoms with Gasteiger partial charge in [0.2, 0.25) is 0 Å².